The third-order valence-electron chi connectivity index (χ3n) is 6.17. The van der Waals surface area contributed by atoms with Gasteiger partial charge in [-0.2, -0.15) is 0 Å². The highest BCUT2D eigenvalue weighted by molar-refractivity contribution is 5.85. The van der Waals surface area contributed by atoms with E-state index in [4.69, 9.17) is 9.47 Å². The molecule has 0 spiro atoms. The Hall–Kier alpha value is -2.86. The summed E-state index contributed by atoms with van der Waals surface area (Å²) in [4.78, 5) is 24.6. The summed E-state index contributed by atoms with van der Waals surface area (Å²) in [7, 11) is 1.48. The molecule has 6 heteroatoms. The van der Waals surface area contributed by atoms with Crippen molar-refractivity contribution in [3.63, 3.8) is 0 Å². The Morgan fingerprint density at radius 3 is 2.28 bits per heavy atom. The number of aliphatic carboxylic acids is 1. The van der Waals surface area contributed by atoms with E-state index < -0.39 is 23.7 Å². The first-order valence-corrected chi connectivity index (χ1v) is 9.96. The molecule has 0 aliphatic heterocycles. The zero-order valence-electron chi connectivity index (χ0n) is 16.4. The van der Waals surface area contributed by atoms with Crippen molar-refractivity contribution in [1.29, 1.82) is 0 Å². The van der Waals surface area contributed by atoms with Gasteiger partial charge >= 0.3 is 12.1 Å². The molecule has 0 heterocycles. The molecule has 2 aliphatic carbocycles. The van der Waals surface area contributed by atoms with Gasteiger partial charge in [-0.25, -0.2) is 9.59 Å². The maximum absolute atomic E-state index is 12.6. The van der Waals surface area contributed by atoms with Gasteiger partial charge in [0.05, 0.1) is 6.10 Å². The minimum absolute atomic E-state index is 0.0708. The van der Waals surface area contributed by atoms with Crippen molar-refractivity contribution >= 4 is 12.1 Å². The number of hydrogen-bond donors (Lipinski definition) is 2. The summed E-state index contributed by atoms with van der Waals surface area (Å²) in [5.74, 6) is -1.16. The van der Waals surface area contributed by atoms with Crippen molar-refractivity contribution in [2.24, 2.45) is 0 Å². The van der Waals surface area contributed by atoms with Crippen LogP contribution in [0.15, 0.2) is 48.5 Å². The monoisotopic (exact) mass is 395 g/mol. The van der Waals surface area contributed by atoms with Crippen LogP contribution in [0.1, 0.15) is 42.7 Å². The lowest BCUT2D eigenvalue weighted by molar-refractivity contribution is -0.154. The van der Waals surface area contributed by atoms with Gasteiger partial charge in [0.2, 0.25) is 0 Å². The van der Waals surface area contributed by atoms with Gasteiger partial charge in [0, 0.05) is 13.0 Å². The van der Waals surface area contributed by atoms with Gasteiger partial charge in [0.1, 0.15) is 6.61 Å². The molecule has 1 amide bonds. The number of carboxylic acids is 1. The fourth-order valence-electron chi connectivity index (χ4n) is 4.72. The van der Waals surface area contributed by atoms with Crippen molar-refractivity contribution in [3.8, 4) is 11.1 Å². The standard InChI is InChI=1S/C23H25NO5/c1-28-20-12-6-7-13-23(20,21(25)26)24-22(27)29-14-19-17-10-4-2-8-15(17)16-9-3-5-11-18(16)19/h2-5,8-11,19-20H,6-7,12-14H2,1H3,(H,24,27)(H,25,26). The maximum atomic E-state index is 12.6. The van der Waals surface area contributed by atoms with Crippen molar-refractivity contribution in [3.05, 3.63) is 59.7 Å². The number of amides is 1. The predicted molar refractivity (Wildman–Crippen MR) is 108 cm³/mol. The van der Waals surface area contributed by atoms with Gasteiger partial charge in [0.15, 0.2) is 5.54 Å². The molecule has 2 unspecified atom stereocenters. The number of ether oxygens (including phenoxy) is 2. The number of carboxylic acid groups (broad SMARTS) is 1. The van der Waals surface area contributed by atoms with Crippen LogP contribution in [-0.4, -0.2) is 42.5 Å². The van der Waals surface area contributed by atoms with Crippen LogP contribution in [-0.2, 0) is 14.3 Å². The fourth-order valence-corrected chi connectivity index (χ4v) is 4.72. The van der Waals surface area contributed by atoms with E-state index in [-0.39, 0.29) is 12.5 Å². The summed E-state index contributed by atoms with van der Waals surface area (Å²) < 4.78 is 10.9. The van der Waals surface area contributed by atoms with Crippen LogP contribution in [0.2, 0.25) is 0 Å². The Balaban J connectivity index is 1.51. The Morgan fingerprint density at radius 1 is 1.07 bits per heavy atom. The summed E-state index contributed by atoms with van der Waals surface area (Å²) >= 11 is 0. The van der Waals surface area contributed by atoms with E-state index in [0.29, 0.717) is 12.8 Å². The SMILES string of the molecule is COC1CCCCC1(NC(=O)OCC1c2ccccc2-c2ccccc21)C(=O)O. The minimum Gasteiger partial charge on any atom is -0.479 e. The van der Waals surface area contributed by atoms with Crippen molar-refractivity contribution < 1.29 is 24.2 Å². The number of benzene rings is 2. The van der Waals surface area contributed by atoms with Crippen molar-refractivity contribution in [2.75, 3.05) is 13.7 Å². The highest BCUT2D eigenvalue weighted by atomic mass is 16.6. The van der Waals surface area contributed by atoms with Crippen LogP contribution in [0.4, 0.5) is 4.79 Å². The smallest absolute Gasteiger partial charge is 0.408 e. The topological polar surface area (TPSA) is 84.9 Å². The van der Waals surface area contributed by atoms with Crippen LogP contribution in [0.5, 0.6) is 0 Å². The van der Waals surface area contributed by atoms with Crippen molar-refractivity contribution in [1.82, 2.24) is 5.32 Å². The van der Waals surface area contributed by atoms with Gasteiger partial charge < -0.3 is 19.9 Å². The van der Waals surface area contributed by atoms with Crippen LogP contribution < -0.4 is 5.32 Å². The van der Waals surface area contributed by atoms with Gasteiger partial charge in [-0.1, -0.05) is 61.4 Å². The minimum atomic E-state index is -1.45. The average molecular weight is 395 g/mol. The summed E-state index contributed by atoms with van der Waals surface area (Å²) in [6.07, 6.45) is 1.21. The molecule has 2 N–H and O–H groups in total. The molecule has 1 saturated carbocycles. The zero-order chi connectivity index (χ0) is 20.4. The average Bonchev–Trinajstić information content (AvgIpc) is 3.06. The first-order chi connectivity index (χ1) is 14.1. The molecule has 0 bridgehead atoms. The third-order valence-corrected chi connectivity index (χ3v) is 6.17. The van der Waals surface area contributed by atoms with E-state index in [1.165, 1.54) is 7.11 Å². The third kappa shape index (κ3) is 3.38. The lowest BCUT2D eigenvalue weighted by Crippen LogP contribution is -2.63. The number of alkyl carbamates (subject to hydrolysis) is 1. The highest BCUT2D eigenvalue weighted by Crippen LogP contribution is 2.44. The number of carbonyl (C=O) groups is 2. The Bertz CT molecular complexity index is 881. The second-order valence-corrected chi connectivity index (χ2v) is 7.70. The zero-order valence-corrected chi connectivity index (χ0v) is 16.4. The first kappa shape index (κ1) is 19.5. The number of rotatable bonds is 5. The molecule has 2 aromatic rings. The van der Waals surface area contributed by atoms with E-state index >= 15 is 0 Å². The molecule has 0 aromatic heterocycles. The number of fused-ring (bicyclic) bond motifs is 3. The van der Waals surface area contributed by atoms with Crippen LogP contribution in [0, 0.1) is 0 Å². The molecular weight excluding hydrogens is 370 g/mol. The van der Waals surface area contributed by atoms with E-state index in [1.807, 2.05) is 36.4 Å². The van der Waals surface area contributed by atoms with E-state index in [0.717, 1.165) is 35.1 Å². The summed E-state index contributed by atoms with van der Waals surface area (Å²) in [5.41, 5.74) is 3.07. The van der Waals surface area contributed by atoms with Crippen LogP contribution in [0.25, 0.3) is 11.1 Å². The first-order valence-electron chi connectivity index (χ1n) is 9.96. The number of carbonyl (C=O) groups excluding carboxylic acids is 1. The summed E-state index contributed by atoms with van der Waals surface area (Å²) in [6.45, 7) is 0.146. The molecular formula is C23H25NO5. The molecule has 2 aliphatic rings. The van der Waals surface area contributed by atoms with Gasteiger partial charge in [-0.15, -0.1) is 0 Å². The fraction of sp³-hybridized carbons (Fsp3) is 0.391. The number of methoxy groups -OCH3 is 1. The second kappa shape index (κ2) is 7.87. The quantitative estimate of drug-likeness (QED) is 0.801. The summed E-state index contributed by atoms with van der Waals surface area (Å²) in [5, 5.41) is 12.4. The molecule has 0 radical (unpaired) electrons. The molecule has 29 heavy (non-hydrogen) atoms. The van der Waals surface area contributed by atoms with Crippen LogP contribution >= 0.6 is 0 Å². The number of hydrogen-bond acceptors (Lipinski definition) is 4. The largest absolute Gasteiger partial charge is 0.479 e. The molecule has 2 aromatic carbocycles. The second-order valence-electron chi connectivity index (χ2n) is 7.70. The predicted octanol–water partition coefficient (Wildman–Crippen LogP) is 3.94. The van der Waals surface area contributed by atoms with Gasteiger partial charge in [-0.3, -0.25) is 0 Å². The van der Waals surface area contributed by atoms with E-state index in [9.17, 15) is 14.7 Å². The maximum Gasteiger partial charge on any atom is 0.408 e. The highest BCUT2D eigenvalue weighted by Gasteiger charge is 2.49. The van der Waals surface area contributed by atoms with Crippen LogP contribution in [0.3, 0.4) is 0 Å². The molecule has 152 valence electrons. The van der Waals surface area contributed by atoms with E-state index in [2.05, 4.69) is 17.4 Å². The van der Waals surface area contributed by atoms with Gasteiger partial charge in [0.25, 0.3) is 0 Å². The Morgan fingerprint density at radius 2 is 1.69 bits per heavy atom. The summed E-state index contributed by atoms with van der Waals surface area (Å²) in [6, 6.07) is 16.2. The normalized spacial score (nSPS) is 23.1. The lowest BCUT2D eigenvalue weighted by atomic mass is 9.79. The Kier molecular flexibility index (Phi) is 5.28. The van der Waals surface area contributed by atoms with Gasteiger partial charge in [-0.05, 0) is 35.1 Å². The van der Waals surface area contributed by atoms with E-state index in [1.54, 1.807) is 0 Å². The molecule has 2 atom stereocenters. The molecule has 6 nitrogen and oxygen atoms in total. The molecule has 1 fully saturated rings. The lowest BCUT2D eigenvalue weighted by Gasteiger charge is -2.39. The van der Waals surface area contributed by atoms with Crippen molar-refractivity contribution in [2.45, 2.75) is 43.2 Å². The number of nitrogens with one attached hydrogen (secondary N) is 1. The molecule has 4 rings (SSSR count). The Labute approximate surface area is 169 Å². The molecule has 0 saturated heterocycles.